The average Bonchev–Trinajstić information content (AvgIpc) is 3.05. The summed E-state index contributed by atoms with van der Waals surface area (Å²) < 4.78 is 0. The fraction of sp³-hybridized carbons (Fsp3) is 0.395. The van der Waals surface area contributed by atoms with Crippen molar-refractivity contribution in [1.82, 2.24) is 4.98 Å². The first-order valence-corrected chi connectivity index (χ1v) is 17.3. The minimum atomic E-state index is 0. The zero-order chi connectivity index (χ0) is 33.4. The number of nitrogens with zero attached hydrogens (tertiary/aromatic N) is 1. The number of pyridine rings is 1. The van der Waals surface area contributed by atoms with Crippen molar-refractivity contribution in [2.75, 3.05) is 0 Å². The topological polar surface area (TPSA) is 50.2 Å². The third-order valence-corrected chi connectivity index (χ3v) is 9.26. The number of aliphatic hydroxyl groups excluding tert-OH is 1. The molecule has 1 aromatic heterocycles. The summed E-state index contributed by atoms with van der Waals surface area (Å²) in [7, 11) is 0. The molecule has 1 N–H and O–H groups in total. The van der Waals surface area contributed by atoms with Gasteiger partial charge in [-0.1, -0.05) is 115 Å². The van der Waals surface area contributed by atoms with Gasteiger partial charge in [-0.15, -0.1) is 29.1 Å². The van der Waals surface area contributed by atoms with Crippen LogP contribution in [0.4, 0.5) is 0 Å². The fourth-order valence-electron chi connectivity index (χ4n) is 6.43. The van der Waals surface area contributed by atoms with E-state index in [2.05, 4.69) is 100 Å². The summed E-state index contributed by atoms with van der Waals surface area (Å²) in [5, 5.41) is 17.3. The number of carbonyl (C=O) groups is 1. The molecular formula is C43H52IrNO2-. The average molecular weight is 807 g/mol. The van der Waals surface area contributed by atoms with Crippen LogP contribution in [0.2, 0.25) is 0 Å². The second-order valence-electron chi connectivity index (χ2n) is 13.3. The number of aromatic nitrogens is 1. The van der Waals surface area contributed by atoms with E-state index >= 15 is 0 Å². The van der Waals surface area contributed by atoms with Crippen molar-refractivity contribution < 1.29 is 30.0 Å². The minimum absolute atomic E-state index is 0. The summed E-state index contributed by atoms with van der Waals surface area (Å²) in [4.78, 5) is 16.5. The van der Waals surface area contributed by atoms with E-state index in [9.17, 15) is 9.90 Å². The molecule has 0 spiro atoms. The van der Waals surface area contributed by atoms with Crippen LogP contribution in [0.25, 0.3) is 43.6 Å². The third-order valence-electron chi connectivity index (χ3n) is 9.26. The first-order chi connectivity index (χ1) is 22.1. The predicted molar refractivity (Wildman–Crippen MR) is 198 cm³/mol. The number of hydrogen-bond donors (Lipinski definition) is 1. The maximum absolute atomic E-state index is 11.7. The van der Waals surface area contributed by atoms with Gasteiger partial charge in [-0.2, -0.15) is 0 Å². The van der Waals surface area contributed by atoms with E-state index in [-0.39, 0.29) is 43.5 Å². The number of hydrogen-bond acceptors (Lipinski definition) is 3. The maximum atomic E-state index is 11.7. The molecule has 0 atom stereocenters. The standard InChI is InChI=1S/C30H28N.C13H24O2.Ir/c1-19(2)15-25-18-26(17-24-10-9-21-7-5-6-8-27(21)29(24)25)30-28-12-11-22(20(3)4)16-23(28)13-14-31-30;1-5-10(6-2)12(14)9-13(15)11(7-3)8-4;/h5-14,16,18-20H,15H2,1-4H3;9-11,14H,5-8H2,1-4H3;/q-1;;/b;12-9-;. The molecule has 0 aliphatic carbocycles. The van der Waals surface area contributed by atoms with Gasteiger partial charge in [-0.3, -0.25) is 9.78 Å². The van der Waals surface area contributed by atoms with Gasteiger partial charge in [-0.05, 0) is 77.1 Å². The molecule has 251 valence electrons. The molecule has 1 heterocycles. The van der Waals surface area contributed by atoms with E-state index in [1.165, 1.54) is 49.5 Å². The van der Waals surface area contributed by atoms with Gasteiger partial charge in [0.15, 0.2) is 5.78 Å². The van der Waals surface area contributed by atoms with Crippen molar-refractivity contribution in [3.05, 3.63) is 102 Å². The smallest absolute Gasteiger partial charge is 0.162 e. The maximum Gasteiger partial charge on any atom is 0.162 e. The van der Waals surface area contributed by atoms with E-state index in [0.29, 0.717) is 11.8 Å². The molecule has 0 aliphatic heterocycles. The van der Waals surface area contributed by atoms with Crippen molar-refractivity contribution in [3.8, 4) is 11.3 Å². The first kappa shape index (κ1) is 38.1. The van der Waals surface area contributed by atoms with Gasteiger partial charge in [-0.25, -0.2) is 0 Å². The van der Waals surface area contributed by atoms with Crippen molar-refractivity contribution >= 4 is 38.1 Å². The van der Waals surface area contributed by atoms with E-state index < -0.39 is 0 Å². The molecule has 1 radical (unpaired) electrons. The van der Waals surface area contributed by atoms with Crippen molar-refractivity contribution in [2.45, 2.75) is 93.4 Å². The summed E-state index contributed by atoms with van der Waals surface area (Å²) in [6, 6.07) is 28.0. The Morgan fingerprint density at radius 1 is 0.809 bits per heavy atom. The molecule has 5 aromatic rings. The number of allylic oxidation sites excluding steroid dienone is 2. The summed E-state index contributed by atoms with van der Waals surface area (Å²) in [5.74, 6) is 1.64. The van der Waals surface area contributed by atoms with Gasteiger partial charge in [0.05, 0.1) is 5.76 Å². The normalized spacial score (nSPS) is 11.9. The molecule has 0 saturated heterocycles. The summed E-state index contributed by atoms with van der Waals surface area (Å²) in [6.07, 6.45) is 7.88. The van der Waals surface area contributed by atoms with Crippen molar-refractivity contribution in [1.29, 1.82) is 0 Å². The van der Waals surface area contributed by atoms with E-state index in [4.69, 9.17) is 4.98 Å². The minimum Gasteiger partial charge on any atom is -0.512 e. The zero-order valence-corrected chi connectivity index (χ0v) is 31.9. The molecule has 47 heavy (non-hydrogen) atoms. The van der Waals surface area contributed by atoms with Crippen LogP contribution in [0.5, 0.6) is 0 Å². The molecule has 0 saturated carbocycles. The molecule has 0 fully saturated rings. The van der Waals surface area contributed by atoms with Gasteiger partial charge < -0.3 is 5.11 Å². The quantitative estimate of drug-likeness (QED) is 0.0626. The van der Waals surface area contributed by atoms with Crippen LogP contribution in [0.1, 0.15) is 98.1 Å². The molecule has 3 nitrogen and oxygen atoms in total. The van der Waals surface area contributed by atoms with Gasteiger partial charge in [0.25, 0.3) is 0 Å². The second kappa shape index (κ2) is 17.7. The molecule has 0 amide bonds. The molecule has 0 unspecified atom stereocenters. The third kappa shape index (κ3) is 9.18. The molecule has 0 bridgehead atoms. The van der Waals surface area contributed by atoms with Crippen LogP contribution in [0, 0.1) is 23.8 Å². The summed E-state index contributed by atoms with van der Waals surface area (Å²) in [6.45, 7) is 17.1. The van der Waals surface area contributed by atoms with Gasteiger partial charge >= 0.3 is 0 Å². The second-order valence-corrected chi connectivity index (χ2v) is 13.3. The Morgan fingerprint density at radius 2 is 1.49 bits per heavy atom. The van der Waals surface area contributed by atoms with Crippen LogP contribution in [-0.4, -0.2) is 15.9 Å². The Morgan fingerprint density at radius 3 is 2.13 bits per heavy atom. The number of ketones is 1. The first-order valence-electron chi connectivity index (χ1n) is 17.3. The van der Waals surface area contributed by atoms with Gasteiger partial charge in [0.2, 0.25) is 0 Å². The van der Waals surface area contributed by atoms with Crippen LogP contribution >= 0.6 is 0 Å². The Labute approximate surface area is 296 Å². The van der Waals surface area contributed by atoms with E-state index in [1.54, 1.807) is 0 Å². The predicted octanol–water partition coefficient (Wildman–Crippen LogP) is 12.2. The zero-order valence-electron chi connectivity index (χ0n) is 29.5. The number of carbonyl (C=O) groups excluding carboxylic acids is 1. The molecule has 4 aromatic carbocycles. The van der Waals surface area contributed by atoms with Crippen molar-refractivity contribution in [2.24, 2.45) is 17.8 Å². The number of benzene rings is 4. The SMILES string of the molecule is CC(C)Cc1cc(-c2nccc3cc(C(C)C)ccc23)[c-]c2ccc3ccccc3c12.CCC(CC)C(=O)/C=C(\O)C(CC)CC.[Ir]. The van der Waals surface area contributed by atoms with Crippen LogP contribution in [0.3, 0.4) is 0 Å². The molecule has 4 heteroatoms. The number of aliphatic hydroxyl groups is 1. The van der Waals surface area contributed by atoms with E-state index in [0.717, 1.165) is 43.4 Å². The summed E-state index contributed by atoms with van der Waals surface area (Å²) in [5.41, 5.74) is 4.85. The Balaban J connectivity index is 0.000000322. The van der Waals surface area contributed by atoms with E-state index in [1.807, 2.05) is 33.9 Å². The molecular weight excluding hydrogens is 755 g/mol. The van der Waals surface area contributed by atoms with Crippen molar-refractivity contribution in [3.63, 3.8) is 0 Å². The van der Waals surface area contributed by atoms with Crippen LogP contribution in [0.15, 0.2) is 84.8 Å². The van der Waals surface area contributed by atoms with Gasteiger partial charge in [0, 0.05) is 49.9 Å². The fourth-order valence-corrected chi connectivity index (χ4v) is 6.43. The van der Waals surface area contributed by atoms with Crippen LogP contribution in [-0.2, 0) is 31.3 Å². The summed E-state index contributed by atoms with van der Waals surface area (Å²) >= 11 is 0. The Kier molecular flexibility index (Phi) is 14.4. The molecule has 5 rings (SSSR count). The monoisotopic (exact) mass is 807 g/mol. The number of fused-ring (bicyclic) bond motifs is 4. The molecule has 0 aliphatic rings. The largest absolute Gasteiger partial charge is 0.512 e. The van der Waals surface area contributed by atoms with Gasteiger partial charge in [0.1, 0.15) is 0 Å². The Bertz CT molecular complexity index is 1810. The van der Waals surface area contributed by atoms with Crippen LogP contribution < -0.4 is 0 Å². The number of rotatable bonds is 11. The Hall–Kier alpha value is -3.33.